The third-order valence-corrected chi connectivity index (χ3v) is 4.69. The number of carbonyl (C=O) groups excluding carboxylic acids is 1. The van der Waals surface area contributed by atoms with Crippen LogP contribution in [0, 0.1) is 5.82 Å². The molecule has 0 bridgehead atoms. The number of benzene rings is 2. The van der Waals surface area contributed by atoms with E-state index in [0.717, 1.165) is 18.2 Å². The zero-order valence-corrected chi connectivity index (χ0v) is 16.8. The molecule has 0 spiro atoms. The molecule has 2 aromatic carbocycles. The lowest BCUT2D eigenvalue weighted by Crippen LogP contribution is -2.34. The number of hydrogen-bond acceptors (Lipinski definition) is 3. The fraction of sp³-hybridized carbons (Fsp3) is 0.273. The number of methoxy groups -OCH3 is 1. The van der Waals surface area contributed by atoms with Crippen molar-refractivity contribution in [2.45, 2.75) is 19.3 Å². The molecule has 3 rings (SSSR count). The van der Waals surface area contributed by atoms with E-state index in [2.05, 4.69) is 4.98 Å². The number of aromatic nitrogens is 2. The quantitative estimate of drug-likeness (QED) is 0.494. The molecule has 164 valence electrons. The van der Waals surface area contributed by atoms with Crippen LogP contribution in [0.25, 0.3) is 0 Å². The molecule has 0 aliphatic carbocycles. The van der Waals surface area contributed by atoms with Crippen molar-refractivity contribution in [1.82, 2.24) is 14.5 Å². The summed E-state index contributed by atoms with van der Waals surface area (Å²) in [4.78, 5) is 18.7. The van der Waals surface area contributed by atoms with Crippen LogP contribution in [0.3, 0.4) is 0 Å². The highest BCUT2D eigenvalue weighted by Crippen LogP contribution is 2.29. The Balaban J connectivity index is 1.77. The highest BCUT2D eigenvalue weighted by molar-refractivity contribution is 5.94. The Kier molecular flexibility index (Phi) is 7.06. The maximum atomic E-state index is 13.5. The van der Waals surface area contributed by atoms with Gasteiger partial charge in [-0.15, -0.1) is 0 Å². The predicted molar refractivity (Wildman–Crippen MR) is 106 cm³/mol. The number of amides is 1. The summed E-state index contributed by atoms with van der Waals surface area (Å²) in [5.74, 6) is -0.345. The summed E-state index contributed by atoms with van der Waals surface area (Å²) in [6.45, 7) is 0.964. The summed E-state index contributed by atoms with van der Waals surface area (Å²) in [5.41, 5.74) is 0.151. The van der Waals surface area contributed by atoms with Gasteiger partial charge in [-0.3, -0.25) is 4.79 Å². The molecule has 3 aromatic rings. The molecule has 1 heterocycles. The molecule has 0 radical (unpaired) electrons. The van der Waals surface area contributed by atoms with E-state index >= 15 is 0 Å². The van der Waals surface area contributed by atoms with Crippen molar-refractivity contribution in [2.24, 2.45) is 0 Å². The number of ether oxygens (including phenoxy) is 1. The Bertz CT molecular complexity index is 1020. The normalized spacial score (nSPS) is 11.5. The van der Waals surface area contributed by atoms with Crippen molar-refractivity contribution in [3.05, 3.63) is 89.3 Å². The van der Waals surface area contributed by atoms with Crippen molar-refractivity contribution in [3.8, 4) is 0 Å². The standard InChI is InChI=1S/C22H21F4N3O2/c1-31-12-11-29(21(30)17-3-2-4-19(23)13-17)15-20-27-9-10-28(20)14-16-5-7-18(8-6-16)22(24,25)26/h2-10,13H,11-12,14-15H2,1H3. The average molecular weight is 435 g/mol. The summed E-state index contributed by atoms with van der Waals surface area (Å²) >= 11 is 0. The molecular formula is C22H21F4N3O2. The summed E-state index contributed by atoms with van der Waals surface area (Å²) in [5, 5.41) is 0. The van der Waals surface area contributed by atoms with Crippen molar-refractivity contribution >= 4 is 5.91 Å². The van der Waals surface area contributed by atoms with Crippen molar-refractivity contribution in [2.75, 3.05) is 20.3 Å². The predicted octanol–water partition coefficient (Wildman–Crippen LogP) is 4.38. The minimum Gasteiger partial charge on any atom is -0.383 e. The zero-order valence-electron chi connectivity index (χ0n) is 16.8. The number of carbonyl (C=O) groups is 1. The topological polar surface area (TPSA) is 47.4 Å². The Hall–Kier alpha value is -3.20. The largest absolute Gasteiger partial charge is 0.416 e. The van der Waals surface area contributed by atoms with Crippen LogP contribution in [0.4, 0.5) is 17.6 Å². The number of rotatable bonds is 8. The van der Waals surface area contributed by atoms with Gasteiger partial charge in [-0.1, -0.05) is 18.2 Å². The third-order valence-electron chi connectivity index (χ3n) is 4.69. The Labute approximate surface area is 176 Å². The minimum absolute atomic E-state index is 0.131. The monoisotopic (exact) mass is 435 g/mol. The first-order valence-electron chi connectivity index (χ1n) is 9.48. The zero-order chi connectivity index (χ0) is 22.4. The molecule has 31 heavy (non-hydrogen) atoms. The lowest BCUT2D eigenvalue weighted by atomic mass is 10.1. The third kappa shape index (κ3) is 5.91. The van der Waals surface area contributed by atoms with Gasteiger partial charge in [-0.25, -0.2) is 9.37 Å². The minimum atomic E-state index is -4.39. The molecule has 1 amide bonds. The van der Waals surface area contributed by atoms with E-state index < -0.39 is 17.6 Å². The number of alkyl halides is 3. The van der Waals surface area contributed by atoms with Crippen LogP contribution in [0.1, 0.15) is 27.3 Å². The van der Waals surface area contributed by atoms with Crippen LogP contribution in [-0.4, -0.2) is 40.6 Å². The van der Waals surface area contributed by atoms with E-state index in [4.69, 9.17) is 4.74 Å². The van der Waals surface area contributed by atoms with Gasteiger partial charge < -0.3 is 14.2 Å². The van der Waals surface area contributed by atoms with Gasteiger partial charge >= 0.3 is 6.18 Å². The van der Waals surface area contributed by atoms with Crippen molar-refractivity contribution in [3.63, 3.8) is 0 Å². The molecule has 0 N–H and O–H groups in total. The lowest BCUT2D eigenvalue weighted by molar-refractivity contribution is -0.137. The van der Waals surface area contributed by atoms with Gasteiger partial charge in [-0.05, 0) is 35.9 Å². The highest BCUT2D eigenvalue weighted by atomic mass is 19.4. The molecule has 9 heteroatoms. The second-order valence-electron chi connectivity index (χ2n) is 6.90. The number of hydrogen-bond donors (Lipinski definition) is 0. The van der Waals surface area contributed by atoms with Gasteiger partial charge in [0.05, 0.1) is 18.7 Å². The van der Waals surface area contributed by atoms with Crippen LogP contribution in [-0.2, 0) is 24.0 Å². The van der Waals surface area contributed by atoms with Gasteiger partial charge in [0.1, 0.15) is 11.6 Å². The summed E-state index contributed by atoms with van der Waals surface area (Å²) in [6, 6.07) is 10.3. The second kappa shape index (κ2) is 9.74. The first-order chi connectivity index (χ1) is 14.8. The Morgan fingerprint density at radius 2 is 1.90 bits per heavy atom. The highest BCUT2D eigenvalue weighted by Gasteiger charge is 2.30. The van der Waals surface area contributed by atoms with E-state index in [0.29, 0.717) is 17.9 Å². The van der Waals surface area contributed by atoms with E-state index in [1.165, 1.54) is 42.3 Å². The second-order valence-corrected chi connectivity index (χ2v) is 6.90. The van der Waals surface area contributed by atoms with E-state index in [9.17, 15) is 22.4 Å². The molecule has 0 aliphatic rings. The average Bonchev–Trinajstić information content (AvgIpc) is 3.17. The van der Waals surface area contributed by atoms with Crippen LogP contribution in [0.15, 0.2) is 60.9 Å². The smallest absolute Gasteiger partial charge is 0.383 e. The first-order valence-corrected chi connectivity index (χ1v) is 9.48. The fourth-order valence-corrected chi connectivity index (χ4v) is 3.06. The van der Waals surface area contributed by atoms with Crippen LogP contribution < -0.4 is 0 Å². The van der Waals surface area contributed by atoms with Gasteiger partial charge in [0, 0.05) is 38.2 Å². The molecule has 0 saturated heterocycles. The van der Waals surface area contributed by atoms with Gasteiger partial charge in [0.2, 0.25) is 0 Å². The van der Waals surface area contributed by atoms with Gasteiger partial charge in [0.25, 0.3) is 5.91 Å². The van der Waals surface area contributed by atoms with Crippen LogP contribution in [0.2, 0.25) is 0 Å². The number of nitrogens with zero attached hydrogens (tertiary/aromatic N) is 3. The molecular weight excluding hydrogens is 414 g/mol. The molecule has 1 aromatic heterocycles. The maximum Gasteiger partial charge on any atom is 0.416 e. The molecule has 0 aliphatic heterocycles. The summed E-state index contributed by atoms with van der Waals surface area (Å²) in [6.07, 6.45) is -1.15. The number of halogens is 4. The molecule has 0 saturated carbocycles. The summed E-state index contributed by atoms with van der Waals surface area (Å²) < 4.78 is 58.7. The van der Waals surface area contributed by atoms with E-state index in [-0.39, 0.29) is 31.2 Å². The SMILES string of the molecule is COCCN(Cc1nccn1Cc1ccc(C(F)(F)F)cc1)C(=O)c1cccc(F)c1. The number of imidazole rings is 1. The van der Waals surface area contributed by atoms with Gasteiger partial charge in [-0.2, -0.15) is 13.2 Å². The van der Waals surface area contributed by atoms with Crippen molar-refractivity contribution < 1.29 is 27.1 Å². The molecule has 0 atom stereocenters. The summed E-state index contributed by atoms with van der Waals surface area (Å²) in [7, 11) is 1.51. The molecule has 0 fully saturated rings. The van der Waals surface area contributed by atoms with E-state index in [1.54, 1.807) is 17.0 Å². The molecule has 0 unspecified atom stereocenters. The lowest BCUT2D eigenvalue weighted by Gasteiger charge is -2.23. The van der Waals surface area contributed by atoms with Crippen LogP contribution in [0.5, 0.6) is 0 Å². The first kappa shape index (κ1) is 22.5. The fourth-order valence-electron chi connectivity index (χ4n) is 3.06. The molecule has 5 nitrogen and oxygen atoms in total. The Morgan fingerprint density at radius 3 is 2.55 bits per heavy atom. The van der Waals surface area contributed by atoms with Crippen LogP contribution >= 0.6 is 0 Å². The van der Waals surface area contributed by atoms with E-state index in [1.807, 2.05) is 0 Å². The maximum absolute atomic E-state index is 13.5. The Morgan fingerprint density at radius 1 is 1.16 bits per heavy atom. The van der Waals surface area contributed by atoms with Crippen molar-refractivity contribution in [1.29, 1.82) is 0 Å². The van der Waals surface area contributed by atoms with Gasteiger partial charge in [0.15, 0.2) is 0 Å².